The van der Waals surface area contributed by atoms with Gasteiger partial charge >= 0.3 is 0 Å². The zero-order valence-corrected chi connectivity index (χ0v) is 18.8. The Hall–Kier alpha value is -3.15. The molecule has 0 aromatic heterocycles. The molecule has 0 radical (unpaired) electrons. The first-order valence-electron chi connectivity index (χ1n) is 11.4. The normalized spacial score (nSPS) is 24.0. The number of nitrogens with zero attached hydrogens (tertiary/aromatic N) is 1. The molecule has 0 bridgehead atoms. The van der Waals surface area contributed by atoms with Crippen LogP contribution in [0, 0.1) is 0 Å². The zero-order chi connectivity index (χ0) is 22.7. The summed E-state index contributed by atoms with van der Waals surface area (Å²) < 4.78 is 0. The molecule has 6 heteroatoms. The van der Waals surface area contributed by atoms with Crippen LogP contribution < -0.4 is 10.6 Å². The van der Waals surface area contributed by atoms with E-state index in [9.17, 15) is 14.4 Å². The van der Waals surface area contributed by atoms with Crippen molar-refractivity contribution >= 4 is 23.4 Å². The van der Waals surface area contributed by atoms with Crippen LogP contribution in [0.1, 0.15) is 62.5 Å². The number of rotatable bonds is 4. The number of likely N-dealkylation sites (tertiary alicyclic amines) is 1. The van der Waals surface area contributed by atoms with Crippen LogP contribution in [-0.4, -0.2) is 41.2 Å². The molecule has 2 aliphatic rings. The summed E-state index contributed by atoms with van der Waals surface area (Å²) in [4.78, 5) is 39.6. The molecule has 3 atom stereocenters. The van der Waals surface area contributed by atoms with Gasteiger partial charge in [0.05, 0.1) is 11.5 Å². The maximum Gasteiger partial charge on any atom is 0.229 e. The molecule has 0 saturated carbocycles. The smallest absolute Gasteiger partial charge is 0.229 e. The minimum atomic E-state index is -0.492. The molecule has 2 N–H and O–H groups in total. The largest absolute Gasteiger partial charge is 0.348 e. The van der Waals surface area contributed by atoms with Gasteiger partial charge in [-0.15, -0.1) is 0 Å². The Bertz CT molecular complexity index is 1010. The molecule has 2 aromatic rings. The lowest BCUT2D eigenvalue weighted by Gasteiger charge is -2.35. The molecule has 1 unspecified atom stereocenters. The van der Waals surface area contributed by atoms with Crippen molar-refractivity contribution in [2.45, 2.75) is 56.9 Å². The molecular weight excluding hydrogens is 402 g/mol. The fraction of sp³-hybridized carbons (Fsp3) is 0.423. The van der Waals surface area contributed by atoms with Gasteiger partial charge in [0.2, 0.25) is 17.7 Å². The van der Waals surface area contributed by atoms with Crippen molar-refractivity contribution in [3.05, 3.63) is 65.7 Å². The third-order valence-electron chi connectivity index (χ3n) is 6.80. The minimum Gasteiger partial charge on any atom is -0.348 e. The van der Waals surface area contributed by atoms with Crippen LogP contribution in [0.25, 0.3) is 0 Å². The SMILES string of the molecule is CC(=O)Nc1cccc([C@@H]2CN(C(=O)C(C)c3ccccc3)C[C@]23CCCCC(=O)N3)c1. The molecule has 2 heterocycles. The summed E-state index contributed by atoms with van der Waals surface area (Å²) in [5.74, 6) is -0.283. The summed E-state index contributed by atoms with van der Waals surface area (Å²) in [6.45, 7) is 4.48. The third-order valence-corrected chi connectivity index (χ3v) is 6.80. The highest BCUT2D eigenvalue weighted by molar-refractivity contribution is 5.89. The van der Waals surface area contributed by atoms with Gasteiger partial charge in [0.1, 0.15) is 0 Å². The Morgan fingerprint density at radius 2 is 1.91 bits per heavy atom. The average molecular weight is 434 g/mol. The van der Waals surface area contributed by atoms with E-state index in [1.165, 1.54) is 6.92 Å². The molecule has 4 rings (SSSR count). The molecule has 2 aliphatic heterocycles. The van der Waals surface area contributed by atoms with Gasteiger partial charge in [-0.25, -0.2) is 0 Å². The van der Waals surface area contributed by atoms with Crippen molar-refractivity contribution in [3.8, 4) is 0 Å². The van der Waals surface area contributed by atoms with Crippen LogP contribution in [-0.2, 0) is 14.4 Å². The summed E-state index contributed by atoms with van der Waals surface area (Å²) in [5.41, 5.74) is 2.26. The van der Waals surface area contributed by atoms with Gasteiger partial charge in [-0.1, -0.05) is 48.9 Å². The maximum atomic E-state index is 13.5. The highest BCUT2D eigenvalue weighted by atomic mass is 16.2. The van der Waals surface area contributed by atoms with Gasteiger partial charge in [-0.3, -0.25) is 14.4 Å². The summed E-state index contributed by atoms with van der Waals surface area (Å²) in [6.07, 6.45) is 3.16. The second-order valence-electron chi connectivity index (χ2n) is 9.12. The number of carbonyl (C=O) groups is 3. The van der Waals surface area contributed by atoms with Crippen LogP contribution >= 0.6 is 0 Å². The molecule has 2 aromatic carbocycles. The Balaban J connectivity index is 1.66. The van der Waals surface area contributed by atoms with E-state index in [0.717, 1.165) is 36.1 Å². The predicted molar refractivity (Wildman–Crippen MR) is 124 cm³/mol. The van der Waals surface area contributed by atoms with Crippen molar-refractivity contribution in [1.82, 2.24) is 10.2 Å². The van der Waals surface area contributed by atoms with Crippen LogP contribution in [0.3, 0.4) is 0 Å². The topological polar surface area (TPSA) is 78.5 Å². The fourth-order valence-corrected chi connectivity index (χ4v) is 5.21. The molecular formula is C26H31N3O3. The Morgan fingerprint density at radius 1 is 1.12 bits per heavy atom. The predicted octanol–water partition coefficient (Wildman–Crippen LogP) is 3.80. The number of anilines is 1. The number of hydrogen-bond acceptors (Lipinski definition) is 3. The second-order valence-corrected chi connectivity index (χ2v) is 9.12. The first-order chi connectivity index (χ1) is 15.4. The van der Waals surface area contributed by atoms with E-state index in [4.69, 9.17) is 0 Å². The lowest BCUT2D eigenvalue weighted by Crippen LogP contribution is -2.53. The van der Waals surface area contributed by atoms with Crippen molar-refractivity contribution in [2.75, 3.05) is 18.4 Å². The zero-order valence-electron chi connectivity index (χ0n) is 18.8. The molecule has 168 valence electrons. The average Bonchev–Trinajstić information content (AvgIpc) is 3.04. The first kappa shape index (κ1) is 22.1. The Labute approximate surface area is 189 Å². The lowest BCUT2D eigenvalue weighted by atomic mass is 9.79. The molecule has 6 nitrogen and oxygen atoms in total. The monoisotopic (exact) mass is 433 g/mol. The molecule has 2 saturated heterocycles. The maximum absolute atomic E-state index is 13.5. The van der Waals surface area contributed by atoms with Crippen molar-refractivity contribution in [1.29, 1.82) is 0 Å². The van der Waals surface area contributed by atoms with Crippen LogP contribution in [0.15, 0.2) is 54.6 Å². The summed E-state index contributed by atoms with van der Waals surface area (Å²) >= 11 is 0. The van der Waals surface area contributed by atoms with E-state index in [1.54, 1.807) is 0 Å². The van der Waals surface area contributed by atoms with Gasteiger partial charge in [-0.05, 0) is 43.0 Å². The Morgan fingerprint density at radius 3 is 2.66 bits per heavy atom. The highest BCUT2D eigenvalue weighted by Crippen LogP contribution is 2.42. The first-order valence-corrected chi connectivity index (χ1v) is 11.4. The molecule has 2 fully saturated rings. The third kappa shape index (κ3) is 4.54. The van der Waals surface area contributed by atoms with E-state index in [-0.39, 0.29) is 29.6 Å². The van der Waals surface area contributed by atoms with Crippen LogP contribution in [0.2, 0.25) is 0 Å². The standard InChI is InChI=1S/C26H31N3O3/c1-18(20-9-4-3-5-10-20)25(32)29-16-23(21-11-8-12-22(15-21)27-19(2)30)26(17-29)14-7-6-13-24(31)28-26/h3-5,8-12,15,18,23H,6-7,13-14,16-17H2,1-2H3,(H,27,30)(H,28,31)/t18?,23-,26+/m0/s1. The number of benzene rings is 2. The van der Waals surface area contributed by atoms with Gasteiger partial charge in [-0.2, -0.15) is 0 Å². The van der Waals surface area contributed by atoms with Gasteiger partial charge in [0.25, 0.3) is 0 Å². The second kappa shape index (κ2) is 9.15. The lowest BCUT2D eigenvalue weighted by molar-refractivity contribution is -0.132. The molecule has 3 amide bonds. The van der Waals surface area contributed by atoms with Gasteiger partial charge in [0.15, 0.2) is 0 Å². The van der Waals surface area contributed by atoms with Crippen molar-refractivity contribution in [2.24, 2.45) is 0 Å². The van der Waals surface area contributed by atoms with E-state index in [1.807, 2.05) is 66.4 Å². The van der Waals surface area contributed by atoms with E-state index >= 15 is 0 Å². The van der Waals surface area contributed by atoms with Crippen LogP contribution in [0.4, 0.5) is 5.69 Å². The summed E-state index contributed by atoms with van der Waals surface area (Å²) in [6, 6.07) is 17.6. The van der Waals surface area contributed by atoms with Crippen molar-refractivity contribution < 1.29 is 14.4 Å². The summed E-state index contributed by atoms with van der Waals surface area (Å²) in [7, 11) is 0. The molecule has 32 heavy (non-hydrogen) atoms. The van der Waals surface area contributed by atoms with E-state index in [2.05, 4.69) is 10.6 Å². The highest BCUT2D eigenvalue weighted by Gasteiger charge is 2.50. The number of hydrogen-bond donors (Lipinski definition) is 2. The van der Waals surface area contributed by atoms with Crippen molar-refractivity contribution in [3.63, 3.8) is 0 Å². The minimum absolute atomic E-state index is 0.0369. The molecule has 0 aliphatic carbocycles. The van der Waals surface area contributed by atoms with Gasteiger partial charge < -0.3 is 15.5 Å². The quantitative estimate of drug-likeness (QED) is 0.770. The number of carbonyl (C=O) groups excluding carboxylic acids is 3. The van der Waals surface area contributed by atoms with E-state index < -0.39 is 5.54 Å². The number of nitrogens with one attached hydrogen (secondary N) is 2. The number of amides is 3. The summed E-state index contributed by atoms with van der Waals surface area (Å²) in [5, 5.41) is 6.15. The molecule has 1 spiro atoms. The van der Waals surface area contributed by atoms with Gasteiger partial charge in [0, 0.05) is 38.0 Å². The van der Waals surface area contributed by atoms with Crippen LogP contribution in [0.5, 0.6) is 0 Å². The van der Waals surface area contributed by atoms with E-state index in [0.29, 0.717) is 19.5 Å². The fourth-order valence-electron chi connectivity index (χ4n) is 5.21. The Kier molecular flexibility index (Phi) is 6.31.